The number of benzene rings is 2. The maximum absolute atomic E-state index is 11.7. The molecule has 11 heteroatoms. The number of methoxy groups -OCH3 is 1. The molecule has 3 rings (SSSR count). The highest BCUT2D eigenvalue weighted by molar-refractivity contribution is 7.17. The monoisotopic (exact) mass is 573 g/mol. The summed E-state index contributed by atoms with van der Waals surface area (Å²) in [6.45, 7) is 13.1. The SMILES string of the molecule is [C-]#[N+]c1c(N=Nc2ccc(N(CCOCCOC(=O)CCC(=O)OC)Cc3ccccc3)cc2C)sc(C#N)c1C. The van der Waals surface area contributed by atoms with Crippen LogP contribution in [0.25, 0.3) is 4.85 Å². The molecule has 0 fully saturated rings. The molecule has 3 aromatic rings. The Hall–Kier alpha value is -4.58. The second-order valence-corrected chi connectivity index (χ2v) is 9.92. The predicted octanol–water partition coefficient (Wildman–Crippen LogP) is 6.72. The second-order valence-electron chi connectivity index (χ2n) is 8.92. The molecule has 0 aliphatic carbocycles. The van der Waals surface area contributed by atoms with E-state index >= 15 is 0 Å². The minimum Gasteiger partial charge on any atom is -0.469 e. The van der Waals surface area contributed by atoms with Crippen LogP contribution in [0, 0.1) is 31.8 Å². The molecule has 0 radical (unpaired) electrons. The highest BCUT2D eigenvalue weighted by Crippen LogP contribution is 2.42. The van der Waals surface area contributed by atoms with Crippen LogP contribution in [0.4, 0.5) is 22.1 Å². The van der Waals surface area contributed by atoms with Crippen LogP contribution in [-0.2, 0) is 30.3 Å². The molecule has 2 aromatic carbocycles. The predicted molar refractivity (Wildman–Crippen MR) is 156 cm³/mol. The van der Waals surface area contributed by atoms with Gasteiger partial charge in [-0.15, -0.1) is 11.3 Å². The van der Waals surface area contributed by atoms with Gasteiger partial charge in [-0.1, -0.05) is 30.3 Å². The van der Waals surface area contributed by atoms with Crippen LogP contribution in [-0.4, -0.2) is 45.4 Å². The molecule has 0 amide bonds. The van der Waals surface area contributed by atoms with Crippen LogP contribution in [0.1, 0.15) is 34.4 Å². The van der Waals surface area contributed by atoms with Crippen molar-refractivity contribution in [2.24, 2.45) is 10.2 Å². The number of rotatable bonds is 14. The van der Waals surface area contributed by atoms with E-state index in [1.54, 1.807) is 6.92 Å². The summed E-state index contributed by atoms with van der Waals surface area (Å²) in [4.78, 5) is 29.0. The molecule has 0 bridgehead atoms. The molecule has 0 spiro atoms. The molecule has 0 N–H and O–H groups in total. The fraction of sp³-hybridized carbons (Fsp3) is 0.333. The van der Waals surface area contributed by atoms with Crippen molar-refractivity contribution in [2.75, 3.05) is 38.4 Å². The average molecular weight is 574 g/mol. The molecular weight excluding hydrogens is 542 g/mol. The van der Waals surface area contributed by atoms with Crippen molar-refractivity contribution in [3.8, 4) is 6.07 Å². The van der Waals surface area contributed by atoms with Crippen LogP contribution in [0.15, 0.2) is 58.8 Å². The van der Waals surface area contributed by atoms with Gasteiger partial charge in [-0.05, 0) is 48.7 Å². The lowest BCUT2D eigenvalue weighted by atomic mass is 10.1. The summed E-state index contributed by atoms with van der Waals surface area (Å²) in [7, 11) is 1.27. The van der Waals surface area contributed by atoms with Crippen LogP contribution in [0.2, 0.25) is 0 Å². The Morgan fingerprint density at radius 3 is 2.49 bits per heavy atom. The van der Waals surface area contributed by atoms with E-state index in [2.05, 4.69) is 42.9 Å². The summed E-state index contributed by atoms with van der Waals surface area (Å²) in [6, 6.07) is 18.1. The fourth-order valence-electron chi connectivity index (χ4n) is 3.82. The van der Waals surface area contributed by atoms with Crippen LogP contribution < -0.4 is 4.90 Å². The van der Waals surface area contributed by atoms with Gasteiger partial charge in [0.2, 0.25) is 5.69 Å². The van der Waals surface area contributed by atoms with Gasteiger partial charge in [0.1, 0.15) is 17.7 Å². The molecule has 1 heterocycles. The molecule has 0 saturated heterocycles. The van der Waals surface area contributed by atoms with Crippen molar-refractivity contribution in [1.29, 1.82) is 5.26 Å². The maximum atomic E-state index is 11.7. The number of nitrogens with zero attached hydrogens (tertiary/aromatic N) is 5. The molecule has 212 valence electrons. The number of esters is 2. The summed E-state index contributed by atoms with van der Waals surface area (Å²) in [5, 5.41) is 18.4. The van der Waals surface area contributed by atoms with E-state index in [1.165, 1.54) is 7.11 Å². The van der Waals surface area contributed by atoms with Crippen LogP contribution in [0.5, 0.6) is 0 Å². The van der Waals surface area contributed by atoms with Gasteiger partial charge in [0, 0.05) is 18.8 Å². The minimum absolute atomic E-state index is 0.0118. The third kappa shape index (κ3) is 9.24. The highest BCUT2D eigenvalue weighted by Gasteiger charge is 2.15. The molecule has 10 nitrogen and oxygen atoms in total. The standard InChI is InChI=1S/C30H31N5O5S/c1-21-18-24(10-11-25(21)33-34-30-29(32-3)22(2)26(19-31)41-30)35(20-23-8-6-5-7-9-23)14-15-39-16-17-40-28(37)13-12-27(36)38-4/h5-11,18H,12-17,20H2,1-2,4H3. The van der Waals surface area contributed by atoms with Crippen molar-refractivity contribution in [3.05, 3.63) is 81.5 Å². The molecule has 0 saturated carbocycles. The average Bonchev–Trinajstić information content (AvgIpc) is 3.30. The Morgan fingerprint density at radius 1 is 1.05 bits per heavy atom. The number of azo groups is 1. The quantitative estimate of drug-likeness (QED) is 0.0909. The smallest absolute Gasteiger partial charge is 0.306 e. The Labute approximate surface area is 243 Å². The lowest BCUT2D eigenvalue weighted by Gasteiger charge is -2.25. The first kappa shape index (κ1) is 31.0. The van der Waals surface area contributed by atoms with Gasteiger partial charge in [0.15, 0.2) is 0 Å². The summed E-state index contributed by atoms with van der Waals surface area (Å²) in [5.41, 5.74) is 4.67. The first-order valence-electron chi connectivity index (χ1n) is 12.9. The number of ether oxygens (including phenoxy) is 3. The Morgan fingerprint density at radius 2 is 1.80 bits per heavy atom. The van der Waals surface area contributed by atoms with E-state index in [9.17, 15) is 14.9 Å². The first-order chi connectivity index (χ1) is 19.9. The minimum atomic E-state index is -0.470. The zero-order chi connectivity index (χ0) is 29.6. The van der Waals surface area contributed by atoms with Gasteiger partial charge in [-0.25, -0.2) is 4.85 Å². The van der Waals surface area contributed by atoms with E-state index in [-0.39, 0.29) is 26.1 Å². The maximum Gasteiger partial charge on any atom is 0.306 e. The Bertz CT molecular complexity index is 1460. The van der Waals surface area contributed by atoms with E-state index < -0.39 is 11.9 Å². The van der Waals surface area contributed by atoms with Gasteiger partial charge >= 0.3 is 11.9 Å². The lowest BCUT2D eigenvalue weighted by Crippen LogP contribution is -2.27. The van der Waals surface area contributed by atoms with E-state index in [0.29, 0.717) is 46.5 Å². The van der Waals surface area contributed by atoms with Crippen LogP contribution >= 0.6 is 11.3 Å². The zero-order valence-electron chi connectivity index (χ0n) is 23.3. The number of aryl methyl sites for hydroxylation is 1. The largest absolute Gasteiger partial charge is 0.469 e. The topological polar surface area (TPSA) is 118 Å². The summed E-state index contributed by atoms with van der Waals surface area (Å²) >= 11 is 1.16. The normalized spacial score (nSPS) is 10.7. The van der Waals surface area contributed by atoms with Crippen molar-refractivity contribution in [3.63, 3.8) is 0 Å². The van der Waals surface area contributed by atoms with Gasteiger partial charge in [0.05, 0.1) is 50.3 Å². The number of hydrogen-bond donors (Lipinski definition) is 0. The first-order valence-corrected chi connectivity index (χ1v) is 13.7. The van der Waals surface area contributed by atoms with E-state index in [0.717, 1.165) is 28.2 Å². The number of nitriles is 1. The van der Waals surface area contributed by atoms with Crippen molar-refractivity contribution >= 4 is 45.3 Å². The number of hydrogen-bond acceptors (Lipinski definition) is 10. The van der Waals surface area contributed by atoms with Crippen molar-refractivity contribution < 1.29 is 23.8 Å². The molecule has 1 aromatic heterocycles. The molecular formula is C30H31N5O5S. The summed E-state index contributed by atoms with van der Waals surface area (Å²) in [6.07, 6.45) is -0.0386. The van der Waals surface area contributed by atoms with Gasteiger partial charge in [-0.2, -0.15) is 15.5 Å². The number of carbonyl (C=O) groups is 2. The number of carbonyl (C=O) groups excluding carboxylic acids is 2. The highest BCUT2D eigenvalue weighted by atomic mass is 32.1. The third-order valence-corrected chi connectivity index (χ3v) is 7.15. The number of thiophene rings is 1. The lowest BCUT2D eigenvalue weighted by molar-refractivity contribution is -0.149. The van der Waals surface area contributed by atoms with Gasteiger partial charge in [0.25, 0.3) is 0 Å². The molecule has 0 atom stereocenters. The van der Waals surface area contributed by atoms with E-state index in [4.69, 9.17) is 16.0 Å². The van der Waals surface area contributed by atoms with Crippen molar-refractivity contribution in [1.82, 2.24) is 0 Å². The summed E-state index contributed by atoms with van der Waals surface area (Å²) < 4.78 is 15.3. The number of anilines is 1. The third-order valence-electron chi connectivity index (χ3n) is 6.08. The Kier molecular flexibility index (Phi) is 12.0. The molecule has 41 heavy (non-hydrogen) atoms. The molecule has 0 aliphatic heterocycles. The van der Waals surface area contributed by atoms with E-state index in [1.807, 2.05) is 43.3 Å². The summed E-state index contributed by atoms with van der Waals surface area (Å²) in [5.74, 6) is -0.925. The zero-order valence-corrected chi connectivity index (χ0v) is 24.1. The van der Waals surface area contributed by atoms with Gasteiger partial charge in [-0.3, -0.25) is 9.59 Å². The molecule has 0 unspecified atom stereocenters. The van der Waals surface area contributed by atoms with Crippen molar-refractivity contribution in [2.45, 2.75) is 33.2 Å². The molecule has 0 aliphatic rings. The van der Waals surface area contributed by atoms with Gasteiger partial charge < -0.3 is 19.1 Å². The Balaban J connectivity index is 1.63. The fourth-order valence-corrected chi connectivity index (χ4v) is 4.68. The van der Waals surface area contributed by atoms with Crippen LogP contribution in [0.3, 0.4) is 0 Å². The second kappa shape index (κ2) is 15.9.